The monoisotopic (exact) mass is 379 g/mol. The standard InChI is InChI=1S/C17H15.2ClH.Zr/c1-12-7-13(2)9-16(8-12)17-10-14-5-3-4-6-15(14)11-17;;;/h3-11H,1-2H3;2*1H;/q-1;;;+2/p-2. The third-order valence-electron chi connectivity index (χ3n) is 3.17. The number of benzene rings is 2. The second-order valence-electron chi connectivity index (χ2n) is 4.82. The summed E-state index contributed by atoms with van der Waals surface area (Å²) in [7, 11) is 9.87. The molecule has 102 valence electrons. The number of rotatable bonds is 1. The first-order valence-corrected chi connectivity index (χ1v) is 12.7. The van der Waals surface area contributed by atoms with E-state index in [4.69, 9.17) is 17.0 Å². The molecule has 0 radical (unpaired) electrons. The zero-order valence-corrected chi connectivity index (χ0v) is 15.4. The molecule has 3 aromatic rings. The van der Waals surface area contributed by atoms with Gasteiger partial charge >= 0.3 is 37.9 Å². The third kappa shape index (κ3) is 4.01. The zero-order chi connectivity index (χ0) is 14.5. The first kappa shape index (κ1) is 15.9. The van der Waals surface area contributed by atoms with Crippen molar-refractivity contribution in [2.45, 2.75) is 13.8 Å². The van der Waals surface area contributed by atoms with E-state index in [1.807, 2.05) is 0 Å². The van der Waals surface area contributed by atoms with Gasteiger partial charge < -0.3 is 0 Å². The molecule has 0 aliphatic heterocycles. The molecule has 20 heavy (non-hydrogen) atoms. The maximum absolute atomic E-state index is 4.93. The molecule has 0 heterocycles. The van der Waals surface area contributed by atoms with Gasteiger partial charge in [0.2, 0.25) is 0 Å². The first-order valence-electron chi connectivity index (χ1n) is 6.34. The minimum atomic E-state index is -0.826. The summed E-state index contributed by atoms with van der Waals surface area (Å²) in [5.41, 5.74) is 5.28. The van der Waals surface area contributed by atoms with Gasteiger partial charge in [0, 0.05) is 0 Å². The molecular weight excluding hydrogens is 366 g/mol. The quantitative estimate of drug-likeness (QED) is 0.439. The topological polar surface area (TPSA) is 0 Å². The molecule has 0 atom stereocenters. The number of halogens is 2. The molecule has 0 spiro atoms. The van der Waals surface area contributed by atoms with Gasteiger partial charge in [0.25, 0.3) is 0 Å². The molecule has 0 saturated carbocycles. The molecule has 3 heteroatoms. The van der Waals surface area contributed by atoms with Crippen molar-refractivity contribution in [2.75, 3.05) is 0 Å². The van der Waals surface area contributed by atoms with Crippen molar-refractivity contribution in [3.8, 4) is 11.1 Å². The third-order valence-corrected chi connectivity index (χ3v) is 3.17. The predicted molar refractivity (Wildman–Crippen MR) is 86.2 cm³/mol. The van der Waals surface area contributed by atoms with Crippen molar-refractivity contribution in [1.29, 1.82) is 0 Å². The van der Waals surface area contributed by atoms with Crippen LogP contribution in [0.25, 0.3) is 21.9 Å². The van der Waals surface area contributed by atoms with Gasteiger partial charge in [0.15, 0.2) is 0 Å². The van der Waals surface area contributed by atoms with Crippen molar-refractivity contribution < 1.29 is 20.8 Å². The number of hydrogen-bond acceptors (Lipinski definition) is 0. The van der Waals surface area contributed by atoms with Gasteiger partial charge in [-0.25, -0.2) is 0 Å². The molecule has 0 fully saturated rings. The van der Waals surface area contributed by atoms with E-state index in [1.165, 1.54) is 33.0 Å². The molecular formula is C17H15Cl2Zr-. The van der Waals surface area contributed by atoms with Crippen LogP contribution in [0.4, 0.5) is 0 Å². The van der Waals surface area contributed by atoms with E-state index in [9.17, 15) is 0 Å². The summed E-state index contributed by atoms with van der Waals surface area (Å²) in [5.74, 6) is 0. The second kappa shape index (κ2) is 7.50. The fraction of sp³-hybridized carbons (Fsp3) is 0.118. The Kier molecular flexibility index (Phi) is 5.96. The van der Waals surface area contributed by atoms with Crippen LogP contribution in [-0.4, -0.2) is 0 Å². The van der Waals surface area contributed by atoms with E-state index in [0.717, 1.165) is 0 Å². The Morgan fingerprint density at radius 3 is 2.10 bits per heavy atom. The van der Waals surface area contributed by atoms with Crippen LogP contribution >= 0.6 is 17.0 Å². The van der Waals surface area contributed by atoms with E-state index in [1.54, 1.807) is 0 Å². The van der Waals surface area contributed by atoms with Crippen LogP contribution < -0.4 is 0 Å². The second-order valence-corrected chi connectivity index (χ2v) is 8.55. The Balaban J connectivity index is 0.000000452. The van der Waals surface area contributed by atoms with Crippen LogP contribution in [0.5, 0.6) is 0 Å². The maximum atomic E-state index is 4.93. The summed E-state index contributed by atoms with van der Waals surface area (Å²) >= 11 is -0.826. The van der Waals surface area contributed by atoms with E-state index < -0.39 is 20.8 Å². The van der Waals surface area contributed by atoms with Gasteiger partial charge in [-0.2, -0.15) is 0 Å². The molecule has 0 nitrogen and oxygen atoms in total. The van der Waals surface area contributed by atoms with Gasteiger partial charge in [-0.1, -0.05) is 53.1 Å². The van der Waals surface area contributed by atoms with Crippen molar-refractivity contribution in [2.24, 2.45) is 0 Å². The summed E-state index contributed by atoms with van der Waals surface area (Å²) < 4.78 is 0. The Morgan fingerprint density at radius 1 is 0.900 bits per heavy atom. The van der Waals surface area contributed by atoms with Gasteiger partial charge in [0.1, 0.15) is 0 Å². The van der Waals surface area contributed by atoms with Gasteiger partial charge in [-0.05, 0) is 13.8 Å². The SMILES string of the molecule is Cc1cc(C)cc(-c2cc3ccccc3[cH-]2)c1.[Cl][Zr][Cl]. The van der Waals surface area contributed by atoms with Crippen LogP contribution in [-0.2, 0) is 20.8 Å². The van der Waals surface area contributed by atoms with Crippen LogP contribution in [0.3, 0.4) is 0 Å². The Labute approximate surface area is 138 Å². The fourth-order valence-corrected chi connectivity index (χ4v) is 2.46. The number of fused-ring (bicyclic) bond motifs is 1. The van der Waals surface area contributed by atoms with Crippen LogP contribution in [0.2, 0.25) is 0 Å². The molecule has 0 unspecified atom stereocenters. The van der Waals surface area contributed by atoms with Crippen LogP contribution in [0.15, 0.2) is 54.6 Å². The first-order chi connectivity index (χ1) is 9.63. The molecule has 0 aromatic heterocycles. The molecule has 0 bridgehead atoms. The minimum absolute atomic E-state index is 0.826. The van der Waals surface area contributed by atoms with Crippen molar-refractivity contribution in [1.82, 2.24) is 0 Å². The molecule has 0 amide bonds. The Bertz CT molecular complexity index is 648. The van der Waals surface area contributed by atoms with Crippen molar-refractivity contribution >= 4 is 27.8 Å². The van der Waals surface area contributed by atoms with E-state index >= 15 is 0 Å². The summed E-state index contributed by atoms with van der Waals surface area (Å²) in [6.07, 6.45) is 0. The zero-order valence-electron chi connectivity index (χ0n) is 11.5. The van der Waals surface area contributed by atoms with E-state index in [2.05, 4.69) is 68.4 Å². The molecule has 3 rings (SSSR count). The van der Waals surface area contributed by atoms with Crippen molar-refractivity contribution in [3.63, 3.8) is 0 Å². The van der Waals surface area contributed by atoms with Gasteiger partial charge in [-0.15, -0.1) is 34.5 Å². The Morgan fingerprint density at radius 2 is 1.50 bits per heavy atom. The fourth-order valence-electron chi connectivity index (χ4n) is 2.46. The van der Waals surface area contributed by atoms with Gasteiger partial charge in [-0.3, -0.25) is 0 Å². The normalized spacial score (nSPS) is 10.0. The average Bonchev–Trinajstić information content (AvgIpc) is 2.82. The molecule has 3 aromatic carbocycles. The summed E-state index contributed by atoms with van der Waals surface area (Å²) in [6.45, 7) is 4.30. The molecule has 0 N–H and O–H groups in total. The molecule has 0 aliphatic carbocycles. The number of aryl methyl sites for hydroxylation is 2. The predicted octanol–water partition coefficient (Wildman–Crippen LogP) is 6.22. The van der Waals surface area contributed by atoms with Gasteiger partial charge in [0.05, 0.1) is 0 Å². The summed E-state index contributed by atoms with van der Waals surface area (Å²) in [6, 6.07) is 19.8. The average molecular weight is 381 g/mol. The summed E-state index contributed by atoms with van der Waals surface area (Å²) in [4.78, 5) is 0. The molecule has 0 saturated heterocycles. The van der Waals surface area contributed by atoms with Crippen LogP contribution in [0, 0.1) is 13.8 Å². The van der Waals surface area contributed by atoms with Crippen molar-refractivity contribution in [3.05, 3.63) is 65.7 Å². The summed E-state index contributed by atoms with van der Waals surface area (Å²) in [5, 5.41) is 2.64. The van der Waals surface area contributed by atoms with Crippen LogP contribution in [0.1, 0.15) is 11.1 Å². The van der Waals surface area contributed by atoms with E-state index in [0.29, 0.717) is 0 Å². The molecule has 0 aliphatic rings. The van der Waals surface area contributed by atoms with E-state index in [-0.39, 0.29) is 0 Å². The number of hydrogen-bond donors (Lipinski definition) is 0. The Hall–Kier alpha value is -0.487.